The van der Waals surface area contributed by atoms with Crippen molar-refractivity contribution in [1.82, 2.24) is 14.5 Å². The molecule has 1 fully saturated rings. The van der Waals surface area contributed by atoms with Gasteiger partial charge in [-0.3, -0.25) is 4.90 Å². The maximum absolute atomic E-state index is 11.4. The maximum Gasteiger partial charge on any atom is 0.347 e. The summed E-state index contributed by atoms with van der Waals surface area (Å²) in [5.41, 5.74) is 2.88. The van der Waals surface area contributed by atoms with Gasteiger partial charge in [0.1, 0.15) is 12.4 Å². The Morgan fingerprint density at radius 1 is 1.26 bits per heavy atom. The average molecular weight is 313 g/mol. The van der Waals surface area contributed by atoms with E-state index in [0.717, 1.165) is 35.6 Å². The van der Waals surface area contributed by atoms with Crippen LogP contribution in [0, 0.1) is 6.92 Å². The van der Waals surface area contributed by atoms with Crippen molar-refractivity contribution in [2.24, 2.45) is 7.05 Å². The first kappa shape index (κ1) is 15.7. The second-order valence-corrected chi connectivity index (χ2v) is 6.11. The molecule has 2 heterocycles. The van der Waals surface area contributed by atoms with Gasteiger partial charge in [-0.05, 0) is 56.1 Å². The fourth-order valence-corrected chi connectivity index (χ4v) is 3.00. The van der Waals surface area contributed by atoms with Crippen LogP contribution in [0.4, 0.5) is 0 Å². The smallest absolute Gasteiger partial charge is 0.347 e. The quantitative estimate of drug-likeness (QED) is 0.849. The number of hydrogen-bond donors (Lipinski definition) is 0. The van der Waals surface area contributed by atoms with Crippen molar-refractivity contribution < 1.29 is 4.74 Å². The van der Waals surface area contributed by atoms with Gasteiger partial charge in [-0.1, -0.05) is 6.07 Å². The van der Waals surface area contributed by atoms with E-state index >= 15 is 0 Å². The van der Waals surface area contributed by atoms with E-state index in [-0.39, 0.29) is 5.69 Å². The van der Waals surface area contributed by atoms with Gasteiger partial charge in [-0.25, -0.2) is 9.78 Å². The van der Waals surface area contributed by atoms with E-state index in [9.17, 15) is 4.79 Å². The standard InChI is InChI=1S/C18H23N3O2/c1-14-11-16(23-10-9-21-7-3-4-8-21)5-6-17(14)15-12-19-18(22)20(2)13-15/h5-6,11-13H,3-4,7-10H2,1-2H3. The topological polar surface area (TPSA) is 47.4 Å². The van der Waals surface area contributed by atoms with Gasteiger partial charge >= 0.3 is 5.69 Å². The summed E-state index contributed by atoms with van der Waals surface area (Å²) < 4.78 is 7.37. The van der Waals surface area contributed by atoms with E-state index in [1.165, 1.54) is 30.5 Å². The van der Waals surface area contributed by atoms with Crippen molar-refractivity contribution >= 4 is 0 Å². The zero-order chi connectivity index (χ0) is 16.2. The molecule has 1 aromatic heterocycles. The van der Waals surface area contributed by atoms with Gasteiger partial charge < -0.3 is 9.30 Å². The third-order valence-electron chi connectivity index (χ3n) is 4.33. The van der Waals surface area contributed by atoms with Gasteiger partial charge in [0.05, 0.1) is 0 Å². The molecule has 1 aliphatic heterocycles. The second-order valence-electron chi connectivity index (χ2n) is 6.11. The molecular weight excluding hydrogens is 290 g/mol. The van der Waals surface area contributed by atoms with Gasteiger partial charge in [0, 0.05) is 31.5 Å². The number of likely N-dealkylation sites (tertiary alicyclic amines) is 1. The van der Waals surface area contributed by atoms with Crippen LogP contribution in [-0.2, 0) is 7.05 Å². The number of benzene rings is 1. The summed E-state index contributed by atoms with van der Waals surface area (Å²) in [6.07, 6.45) is 6.05. The molecule has 0 atom stereocenters. The van der Waals surface area contributed by atoms with Crippen molar-refractivity contribution in [3.63, 3.8) is 0 Å². The summed E-state index contributed by atoms with van der Waals surface area (Å²) in [5, 5.41) is 0. The number of hydrogen-bond acceptors (Lipinski definition) is 4. The summed E-state index contributed by atoms with van der Waals surface area (Å²) in [5.74, 6) is 0.892. The predicted molar refractivity (Wildman–Crippen MR) is 90.8 cm³/mol. The Balaban J connectivity index is 1.67. The Labute approximate surface area is 136 Å². The lowest BCUT2D eigenvalue weighted by atomic mass is 10.0. The minimum absolute atomic E-state index is 0.242. The molecule has 3 rings (SSSR count). The third kappa shape index (κ3) is 3.79. The zero-order valence-corrected chi connectivity index (χ0v) is 13.8. The van der Waals surface area contributed by atoms with Gasteiger partial charge in [-0.15, -0.1) is 0 Å². The van der Waals surface area contributed by atoms with Crippen LogP contribution in [-0.4, -0.2) is 40.7 Å². The van der Waals surface area contributed by atoms with Gasteiger partial charge in [-0.2, -0.15) is 0 Å². The fourth-order valence-electron chi connectivity index (χ4n) is 3.00. The summed E-state index contributed by atoms with van der Waals surface area (Å²) in [7, 11) is 1.71. The number of ether oxygens (including phenoxy) is 1. The summed E-state index contributed by atoms with van der Waals surface area (Å²) in [6, 6.07) is 6.06. The molecule has 0 aliphatic carbocycles. The Morgan fingerprint density at radius 2 is 2.04 bits per heavy atom. The lowest BCUT2D eigenvalue weighted by molar-refractivity contribution is 0.237. The highest BCUT2D eigenvalue weighted by atomic mass is 16.5. The molecule has 0 radical (unpaired) electrons. The molecular formula is C18H23N3O2. The van der Waals surface area contributed by atoms with E-state index in [1.54, 1.807) is 13.2 Å². The molecule has 5 heteroatoms. The molecule has 2 aromatic rings. The number of aryl methyl sites for hydroxylation is 2. The van der Waals surface area contributed by atoms with Crippen LogP contribution < -0.4 is 10.4 Å². The molecule has 0 saturated carbocycles. The minimum Gasteiger partial charge on any atom is -0.492 e. The molecule has 5 nitrogen and oxygen atoms in total. The molecule has 0 bridgehead atoms. The Bertz CT molecular complexity index is 733. The van der Waals surface area contributed by atoms with Crippen LogP contribution in [0.25, 0.3) is 11.1 Å². The molecule has 0 unspecified atom stereocenters. The molecule has 1 saturated heterocycles. The Kier molecular flexibility index (Phi) is 4.76. The van der Waals surface area contributed by atoms with Crippen LogP contribution in [0.15, 0.2) is 35.4 Å². The molecule has 0 N–H and O–H groups in total. The molecule has 0 amide bonds. The fraction of sp³-hybridized carbons (Fsp3) is 0.444. The van der Waals surface area contributed by atoms with Crippen LogP contribution in [0.5, 0.6) is 5.75 Å². The van der Waals surface area contributed by atoms with E-state index in [4.69, 9.17) is 4.74 Å². The highest BCUT2D eigenvalue weighted by molar-refractivity contribution is 5.66. The summed E-state index contributed by atoms with van der Waals surface area (Å²) in [6.45, 7) is 6.15. The van der Waals surface area contributed by atoms with Crippen molar-refractivity contribution in [1.29, 1.82) is 0 Å². The van der Waals surface area contributed by atoms with Gasteiger partial charge in [0.2, 0.25) is 0 Å². The van der Waals surface area contributed by atoms with Crippen LogP contribution in [0.3, 0.4) is 0 Å². The van der Waals surface area contributed by atoms with E-state index in [2.05, 4.69) is 9.88 Å². The molecule has 122 valence electrons. The summed E-state index contributed by atoms with van der Waals surface area (Å²) in [4.78, 5) is 17.7. The molecule has 1 aromatic carbocycles. The summed E-state index contributed by atoms with van der Waals surface area (Å²) >= 11 is 0. The Morgan fingerprint density at radius 3 is 2.74 bits per heavy atom. The first-order valence-electron chi connectivity index (χ1n) is 8.12. The maximum atomic E-state index is 11.4. The number of nitrogens with zero attached hydrogens (tertiary/aromatic N) is 3. The molecule has 1 aliphatic rings. The minimum atomic E-state index is -0.242. The van der Waals surface area contributed by atoms with E-state index in [1.807, 2.05) is 31.3 Å². The van der Waals surface area contributed by atoms with Gasteiger partial charge in [0.25, 0.3) is 0 Å². The SMILES string of the molecule is Cc1cc(OCCN2CCCC2)ccc1-c1cnc(=O)n(C)c1. The van der Waals surface area contributed by atoms with Crippen LogP contribution in [0.1, 0.15) is 18.4 Å². The van der Waals surface area contributed by atoms with Crippen molar-refractivity contribution in [2.45, 2.75) is 19.8 Å². The highest BCUT2D eigenvalue weighted by Gasteiger charge is 2.11. The van der Waals surface area contributed by atoms with E-state index < -0.39 is 0 Å². The monoisotopic (exact) mass is 313 g/mol. The van der Waals surface area contributed by atoms with Crippen LogP contribution >= 0.6 is 0 Å². The number of rotatable bonds is 5. The van der Waals surface area contributed by atoms with E-state index in [0.29, 0.717) is 0 Å². The Hall–Kier alpha value is -2.14. The average Bonchev–Trinajstić information content (AvgIpc) is 3.04. The first-order valence-corrected chi connectivity index (χ1v) is 8.12. The molecule has 23 heavy (non-hydrogen) atoms. The normalized spacial score (nSPS) is 15.0. The van der Waals surface area contributed by atoms with Crippen molar-refractivity contribution in [2.75, 3.05) is 26.2 Å². The predicted octanol–water partition coefficient (Wildman–Crippen LogP) is 2.23. The molecule has 0 spiro atoms. The van der Waals surface area contributed by atoms with Crippen molar-refractivity contribution in [3.8, 4) is 16.9 Å². The van der Waals surface area contributed by atoms with Crippen LogP contribution in [0.2, 0.25) is 0 Å². The van der Waals surface area contributed by atoms with Gasteiger partial charge in [0.15, 0.2) is 0 Å². The lowest BCUT2D eigenvalue weighted by Gasteiger charge is -2.15. The van der Waals surface area contributed by atoms with Crippen molar-refractivity contribution in [3.05, 3.63) is 46.6 Å². The number of aromatic nitrogens is 2. The lowest BCUT2D eigenvalue weighted by Crippen LogP contribution is -2.25. The third-order valence-corrected chi connectivity index (χ3v) is 4.33. The highest BCUT2D eigenvalue weighted by Crippen LogP contribution is 2.25. The first-order chi connectivity index (χ1) is 11.1. The zero-order valence-electron chi connectivity index (χ0n) is 13.8. The largest absolute Gasteiger partial charge is 0.492 e. The second kappa shape index (κ2) is 6.96.